The van der Waals surface area contributed by atoms with Crippen LogP contribution in [0.4, 0.5) is 0 Å². The Morgan fingerprint density at radius 2 is 1.00 bits per heavy atom. The largest absolute Gasteiger partial charge is 0 e. The molecule has 0 fully saturated rings. The quantitative estimate of drug-likeness (QED) is 0.471. The molecule has 0 saturated heterocycles. The zero-order valence-corrected chi connectivity index (χ0v) is 9.26. The fourth-order valence-electron chi connectivity index (χ4n) is 0. The van der Waals surface area contributed by atoms with E-state index in [1.165, 1.54) is 0 Å². The molecule has 4 heteroatoms. The summed E-state index contributed by atoms with van der Waals surface area (Å²) in [6.07, 6.45) is 0. The molecule has 0 aliphatic rings. The van der Waals surface area contributed by atoms with Crippen molar-refractivity contribution in [2.45, 2.75) is 0 Å². The van der Waals surface area contributed by atoms with Crippen LogP contribution in [0.15, 0.2) is 0 Å². The summed E-state index contributed by atoms with van der Waals surface area (Å²) in [5.41, 5.74) is 0. The van der Waals surface area contributed by atoms with Gasteiger partial charge in [-0.25, -0.2) is 0 Å². The van der Waals surface area contributed by atoms with Gasteiger partial charge in [-0.15, -0.1) is 0 Å². The van der Waals surface area contributed by atoms with E-state index < -0.39 is 0 Å². The van der Waals surface area contributed by atoms with Crippen molar-refractivity contribution in [1.29, 1.82) is 0 Å². The maximum absolute atomic E-state index is 0. The van der Waals surface area contributed by atoms with E-state index in [2.05, 4.69) is 0 Å². The Morgan fingerprint density at radius 1 is 1.00 bits per heavy atom. The third kappa shape index (κ3) is 9.09. The van der Waals surface area contributed by atoms with Gasteiger partial charge in [0.15, 0.2) is 0 Å². The molecule has 0 rings (SSSR count). The predicted molar refractivity (Wildman–Crippen MR) is 14.3 cm³/mol. The van der Waals surface area contributed by atoms with Gasteiger partial charge in [0.05, 0.1) is 0 Å². The molecule has 0 spiro atoms. The van der Waals surface area contributed by atoms with Gasteiger partial charge in [-0.3, -0.25) is 0 Å². The minimum Gasteiger partial charge on any atom is 0 e. The Kier molecular flexibility index (Phi) is 203. The second-order valence-corrected chi connectivity index (χ2v) is 0. The Bertz CT molecular complexity index is 8.00. The topological polar surface area (TPSA) is 0 Å². The minimum atomic E-state index is 0. The molecule has 0 heterocycles. The maximum atomic E-state index is 0. The van der Waals surface area contributed by atoms with E-state index in [-0.39, 0.29) is 66.0 Å². The summed E-state index contributed by atoms with van der Waals surface area (Å²) in [5, 5.41) is 0. The molecule has 0 aromatic rings. The molecule has 0 N–H and O–H groups in total. The number of rotatable bonds is 0. The first-order valence-corrected chi connectivity index (χ1v) is 0. The average Bonchev–Trinajstić information content (AvgIpc) is 0. The summed E-state index contributed by atoms with van der Waals surface area (Å²) in [4.78, 5) is 0. The second kappa shape index (κ2) is 20.7. The van der Waals surface area contributed by atoms with Crippen molar-refractivity contribution in [2.24, 2.45) is 0 Å². The van der Waals surface area contributed by atoms with Crippen LogP contribution < -0.4 is 0 Å². The standard InChI is InChI=1S/B.Mo.H2Se.Zn/h;;1H2;. The zero-order valence-electron chi connectivity index (χ0n) is 2.19. The van der Waals surface area contributed by atoms with Crippen molar-refractivity contribution in [3.8, 4) is 0 Å². The van der Waals surface area contributed by atoms with E-state index in [1.54, 1.807) is 0 Å². The van der Waals surface area contributed by atoms with Gasteiger partial charge < -0.3 is 0 Å². The van der Waals surface area contributed by atoms with Crippen molar-refractivity contribution in [2.75, 3.05) is 0 Å². The van der Waals surface area contributed by atoms with E-state index in [0.717, 1.165) is 0 Å². The third-order valence-corrected chi connectivity index (χ3v) is 0. The van der Waals surface area contributed by atoms with Gasteiger partial charge in [-0.2, -0.15) is 0 Å². The van der Waals surface area contributed by atoms with Gasteiger partial charge in [0.1, 0.15) is 0 Å². The van der Waals surface area contributed by atoms with E-state index >= 15 is 0 Å². The molecular weight excluding hydrogens is 251 g/mol. The first-order chi connectivity index (χ1) is 0. The molecule has 0 aliphatic heterocycles. The average molecular weight is 253 g/mol. The number of hydrogen-bond acceptors (Lipinski definition) is 0. The Morgan fingerprint density at radius 3 is 1.00 bits per heavy atom. The SMILES string of the molecule is [B].[Mo].[SeH2].[Zn]. The van der Waals surface area contributed by atoms with Crippen LogP contribution in [0.2, 0.25) is 0 Å². The minimum absolute atomic E-state index is 0. The molecule has 0 aliphatic carbocycles. The van der Waals surface area contributed by atoms with Gasteiger partial charge in [-0.05, 0) is 0 Å². The Labute approximate surface area is 65.6 Å². The van der Waals surface area contributed by atoms with Gasteiger partial charge in [-0.1, -0.05) is 0 Å². The summed E-state index contributed by atoms with van der Waals surface area (Å²) in [7, 11) is 0. The van der Waals surface area contributed by atoms with Crippen LogP contribution in [0.3, 0.4) is 0 Å². The van der Waals surface area contributed by atoms with Gasteiger partial charge >= 0.3 is 17.1 Å². The van der Waals surface area contributed by atoms with Crippen molar-refractivity contribution in [3.05, 3.63) is 0 Å². The smallest absolute Gasteiger partial charge is 0 e. The second-order valence-electron chi connectivity index (χ2n) is 0. The van der Waals surface area contributed by atoms with E-state index in [4.69, 9.17) is 0 Å². The van der Waals surface area contributed by atoms with Crippen molar-refractivity contribution >= 4 is 25.5 Å². The van der Waals surface area contributed by atoms with Crippen LogP contribution >= 0.6 is 0 Å². The van der Waals surface area contributed by atoms with Crippen molar-refractivity contribution in [3.63, 3.8) is 0 Å². The first-order valence-electron chi connectivity index (χ1n) is 0. The Balaban J connectivity index is 0. The number of hydrogen-bond donors (Lipinski definition) is 0. The third-order valence-electron chi connectivity index (χ3n) is 0. The van der Waals surface area contributed by atoms with Crippen LogP contribution in [0.25, 0.3) is 0 Å². The van der Waals surface area contributed by atoms with Crippen molar-refractivity contribution in [1.82, 2.24) is 0 Å². The van der Waals surface area contributed by atoms with Crippen molar-refractivity contribution < 1.29 is 40.5 Å². The first kappa shape index (κ1) is 39.3. The van der Waals surface area contributed by atoms with E-state index in [9.17, 15) is 0 Å². The summed E-state index contributed by atoms with van der Waals surface area (Å²) in [6, 6.07) is 0. The van der Waals surface area contributed by atoms with E-state index in [0.29, 0.717) is 0 Å². The molecule has 0 saturated carbocycles. The maximum Gasteiger partial charge on any atom is 0 e. The molecule has 0 atom stereocenters. The summed E-state index contributed by atoms with van der Waals surface area (Å²) >= 11 is 0. The van der Waals surface area contributed by atoms with E-state index in [1.807, 2.05) is 0 Å². The van der Waals surface area contributed by atoms with Crippen LogP contribution in [0.1, 0.15) is 0 Å². The molecule has 0 bridgehead atoms. The van der Waals surface area contributed by atoms with Crippen LogP contribution in [-0.2, 0) is 40.5 Å². The monoisotopic (exact) mass is 255 g/mol. The molecule has 19 valence electrons. The molecule has 0 amide bonds. The van der Waals surface area contributed by atoms with Crippen LogP contribution in [0, 0.1) is 0 Å². The Hall–Kier alpha value is 1.90. The molecular formula is H2BMoSeZn. The fourth-order valence-corrected chi connectivity index (χ4v) is 0. The molecule has 3 radical (unpaired) electrons. The fraction of sp³-hybridized carbons (Fsp3) is 0. The van der Waals surface area contributed by atoms with Gasteiger partial charge in [0, 0.05) is 49.0 Å². The van der Waals surface area contributed by atoms with Crippen LogP contribution in [0.5, 0.6) is 0 Å². The summed E-state index contributed by atoms with van der Waals surface area (Å²) in [5.74, 6) is 0. The van der Waals surface area contributed by atoms with Crippen LogP contribution in [-0.4, -0.2) is 25.5 Å². The normalized spacial score (nSPS) is 0. The summed E-state index contributed by atoms with van der Waals surface area (Å²) < 4.78 is 0. The predicted octanol–water partition coefficient (Wildman–Crippen LogP) is -1.30. The zero-order chi connectivity index (χ0) is 0. The molecule has 0 nitrogen and oxygen atoms in total. The molecule has 4 heavy (non-hydrogen) atoms. The summed E-state index contributed by atoms with van der Waals surface area (Å²) in [6.45, 7) is 0. The molecule has 0 unspecified atom stereocenters. The van der Waals surface area contributed by atoms with Gasteiger partial charge in [0.2, 0.25) is 0 Å². The molecule has 0 aromatic carbocycles. The van der Waals surface area contributed by atoms with Gasteiger partial charge in [0.25, 0.3) is 0 Å². The molecule has 0 aromatic heterocycles.